The van der Waals surface area contributed by atoms with Gasteiger partial charge in [0, 0.05) is 0 Å². The van der Waals surface area contributed by atoms with Gasteiger partial charge in [-0.2, -0.15) is 0 Å². The van der Waals surface area contributed by atoms with Crippen molar-refractivity contribution in [1.29, 1.82) is 0 Å². The first-order chi connectivity index (χ1) is 12.0. The zero-order chi connectivity index (χ0) is 18.2. The van der Waals surface area contributed by atoms with Gasteiger partial charge in [0.25, 0.3) is 5.91 Å². The first kappa shape index (κ1) is 18.8. The molecule has 0 saturated carbocycles. The molecule has 0 fully saturated rings. The van der Waals surface area contributed by atoms with Crippen LogP contribution in [0.15, 0.2) is 48.5 Å². The van der Waals surface area contributed by atoms with Crippen molar-refractivity contribution in [3.05, 3.63) is 64.7 Å². The van der Waals surface area contributed by atoms with Gasteiger partial charge < -0.3 is 15.4 Å². The summed E-state index contributed by atoms with van der Waals surface area (Å²) in [6.45, 7) is 4.29. The molecule has 0 aliphatic carbocycles. The van der Waals surface area contributed by atoms with Crippen LogP contribution < -0.4 is 15.4 Å². The molecule has 1 atom stereocenters. The summed E-state index contributed by atoms with van der Waals surface area (Å²) in [4.78, 5) is 24.1. The minimum Gasteiger partial charge on any atom is -0.494 e. The average molecular weight is 361 g/mol. The van der Waals surface area contributed by atoms with E-state index in [4.69, 9.17) is 16.3 Å². The fourth-order valence-electron chi connectivity index (χ4n) is 2.30. The first-order valence-electron chi connectivity index (χ1n) is 8.06. The quantitative estimate of drug-likeness (QED) is 0.795. The lowest BCUT2D eigenvalue weighted by Crippen LogP contribution is -2.38. The third kappa shape index (κ3) is 5.50. The van der Waals surface area contributed by atoms with Crippen LogP contribution in [0.3, 0.4) is 0 Å². The summed E-state index contributed by atoms with van der Waals surface area (Å²) >= 11 is 5.96. The number of nitrogens with one attached hydrogen (secondary N) is 2. The van der Waals surface area contributed by atoms with Crippen molar-refractivity contribution < 1.29 is 14.3 Å². The highest BCUT2D eigenvalue weighted by Gasteiger charge is 2.13. The molecule has 6 heteroatoms. The van der Waals surface area contributed by atoms with Crippen LogP contribution in [0.4, 0.5) is 0 Å². The Morgan fingerprint density at radius 1 is 1.12 bits per heavy atom. The van der Waals surface area contributed by atoms with E-state index in [1.807, 2.05) is 38.1 Å². The maximum Gasteiger partial charge on any atom is 0.253 e. The topological polar surface area (TPSA) is 67.4 Å². The molecule has 2 amide bonds. The molecular weight excluding hydrogens is 340 g/mol. The van der Waals surface area contributed by atoms with Gasteiger partial charge in [-0.05, 0) is 43.7 Å². The van der Waals surface area contributed by atoms with Gasteiger partial charge in [-0.1, -0.05) is 35.9 Å². The lowest BCUT2D eigenvalue weighted by Gasteiger charge is -2.15. The summed E-state index contributed by atoms with van der Waals surface area (Å²) in [6, 6.07) is 14.0. The number of amides is 2. The van der Waals surface area contributed by atoms with E-state index >= 15 is 0 Å². The number of halogens is 1. The molecule has 2 rings (SSSR count). The lowest BCUT2D eigenvalue weighted by molar-refractivity contribution is -0.120. The van der Waals surface area contributed by atoms with Crippen LogP contribution in [0.1, 0.15) is 35.8 Å². The largest absolute Gasteiger partial charge is 0.494 e. The number of carbonyl (C=O) groups excluding carboxylic acids is 2. The monoisotopic (exact) mass is 360 g/mol. The second kappa shape index (κ2) is 9.08. The predicted octanol–water partition coefficient (Wildman–Crippen LogP) is 3.35. The van der Waals surface area contributed by atoms with E-state index < -0.39 is 0 Å². The van der Waals surface area contributed by atoms with E-state index in [9.17, 15) is 9.59 Å². The Labute approximate surface area is 152 Å². The van der Waals surface area contributed by atoms with Crippen LogP contribution in [-0.4, -0.2) is 25.0 Å². The third-order valence-corrected chi connectivity index (χ3v) is 3.93. The summed E-state index contributed by atoms with van der Waals surface area (Å²) < 4.78 is 5.39. The van der Waals surface area contributed by atoms with Gasteiger partial charge in [0.05, 0.1) is 29.8 Å². The SMILES string of the molecule is CCOc1ccc(C(C)NC(=O)CNC(=O)c2ccccc2Cl)cc1. The minimum atomic E-state index is -0.380. The lowest BCUT2D eigenvalue weighted by atomic mass is 10.1. The van der Waals surface area contributed by atoms with Gasteiger partial charge in [-0.25, -0.2) is 0 Å². The average Bonchev–Trinajstić information content (AvgIpc) is 2.61. The van der Waals surface area contributed by atoms with Crippen molar-refractivity contribution in [2.45, 2.75) is 19.9 Å². The highest BCUT2D eigenvalue weighted by Crippen LogP contribution is 2.17. The molecule has 2 N–H and O–H groups in total. The highest BCUT2D eigenvalue weighted by molar-refractivity contribution is 6.33. The Kier molecular flexibility index (Phi) is 6.83. The molecule has 0 spiro atoms. The van der Waals surface area contributed by atoms with Crippen LogP contribution in [-0.2, 0) is 4.79 Å². The number of ether oxygens (including phenoxy) is 1. The molecular formula is C19H21ClN2O3. The molecule has 1 unspecified atom stereocenters. The maximum atomic E-state index is 12.0. The summed E-state index contributed by atoms with van der Waals surface area (Å²) in [7, 11) is 0. The number of benzene rings is 2. The van der Waals surface area contributed by atoms with E-state index in [0.29, 0.717) is 17.2 Å². The second-order valence-corrected chi connectivity index (χ2v) is 5.86. The van der Waals surface area contributed by atoms with Crippen LogP contribution in [0, 0.1) is 0 Å². The zero-order valence-corrected chi connectivity index (χ0v) is 15.0. The molecule has 2 aromatic carbocycles. The number of hydrogen-bond donors (Lipinski definition) is 2. The van der Waals surface area contributed by atoms with E-state index in [2.05, 4.69) is 10.6 Å². The number of hydrogen-bond acceptors (Lipinski definition) is 3. The summed E-state index contributed by atoms with van der Waals surface area (Å²) in [5.41, 5.74) is 1.30. The van der Waals surface area contributed by atoms with E-state index in [1.165, 1.54) is 0 Å². The van der Waals surface area contributed by atoms with E-state index in [1.54, 1.807) is 24.3 Å². The molecule has 25 heavy (non-hydrogen) atoms. The molecule has 0 aliphatic rings. The Balaban J connectivity index is 1.85. The van der Waals surface area contributed by atoms with Crippen molar-refractivity contribution in [1.82, 2.24) is 10.6 Å². The smallest absolute Gasteiger partial charge is 0.253 e. The molecule has 0 aliphatic heterocycles. The highest BCUT2D eigenvalue weighted by atomic mass is 35.5. The standard InChI is InChI=1S/C19H21ClN2O3/c1-3-25-15-10-8-14(9-11-15)13(2)22-18(23)12-21-19(24)16-6-4-5-7-17(16)20/h4-11,13H,3,12H2,1-2H3,(H,21,24)(H,22,23). The summed E-state index contributed by atoms with van der Waals surface area (Å²) in [6.07, 6.45) is 0. The van der Waals surface area contributed by atoms with Gasteiger partial charge in [0.2, 0.25) is 5.91 Å². The van der Waals surface area contributed by atoms with Crippen molar-refractivity contribution in [2.24, 2.45) is 0 Å². The van der Waals surface area contributed by atoms with Crippen molar-refractivity contribution in [2.75, 3.05) is 13.2 Å². The molecule has 0 saturated heterocycles. The predicted molar refractivity (Wildman–Crippen MR) is 98.0 cm³/mol. The normalized spacial score (nSPS) is 11.5. The molecule has 0 heterocycles. The van der Waals surface area contributed by atoms with Crippen LogP contribution in [0.2, 0.25) is 5.02 Å². The van der Waals surface area contributed by atoms with Crippen LogP contribution in [0.25, 0.3) is 0 Å². The van der Waals surface area contributed by atoms with E-state index in [-0.39, 0.29) is 24.4 Å². The molecule has 0 radical (unpaired) electrons. The second-order valence-electron chi connectivity index (χ2n) is 5.45. The number of carbonyl (C=O) groups is 2. The Hall–Kier alpha value is -2.53. The van der Waals surface area contributed by atoms with Crippen LogP contribution >= 0.6 is 11.6 Å². The molecule has 0 aromatic heterocycles. The minimum absolute atomic E-state index is 0.120. The van der Waals surface area contributed by atoms with E-state index in [0.717, 1.165) is 11.3 Å². The van der Waals surface area contributed by atoms with Gasteiger partial charge in [-0.3, -0.25) is 9.59 Å². The van der Waals surface area contributed by atoms with Crippen molar-refractivity contribution in [3.63, 3.8) is 0 Å². The fraction of sp³-hybridized carbons (Fsp3) is 0.263. The molecule has 5 nitrogen and oxygen atoms in total. The molecule has 0 bridgehead atoms. The molecule has 132 valence electrons. The summed E-state index contributed by atoms with van der Waals surface area (Å²) in [5, 5.41) is 5.76. The van der Waals surface area contributed by atoms with Gasteiger partial charge >= 0.3 is 0 Å². The van der Waals surface area contributed by atoms with Gasteiger partial charge in [-0.15, -0.1) is 0 Å². The Morgan fingerprint density at radius 2 is 1.80 bits per heavy atom. The fourth-order valence-corrected chi connectivity index (χ4v) is 2.52. The zero-order valence-electron chi connectivity index (χ0n) is 14.2. The van der Waals surface area contributed by atoms with Crippen LogP contribution in [0.5, 0.6) is 5.75 Å². The maximum absolute atomic E-state index is 12.0. The third-order valence-electron chi connectivity index (χ3n) is 3.60. The first-order valence-corrected chi connectivity index (χ1v) is 8.44. The van der Waals surface area contributed by atoms with Gasteiger partial charge in [0.15, 0.2) is 0 Å². The van der Waals surface area contributed by atoms with Gasteiger partial charge in [0.1, 0.15) is 5.75 Å². The Bertz CT molecular complexity index is 732. The number of rotatable bonds is 7. The van der Waals surface area contributed by atoms with Crippen molar-refractivity contribution >= 4 is 23.4 Å². The molecule has 2 aromatic rings. The summed E-state index contributed by atoms with van der Waals surface area (Å²) in [5.74, 6) is 0.132. The Morgan fingerprint density at radius 3 is 2.44 bits per heavy atom. The van der Waals surface area contributed by atoms with Crippen molar-refractivity contribution in [3.8, 4) is 5.75 Å².